The summed E-state index contributed by atoms with van der Waals surface area (Å²) in [5.74, 6) is -4.40. The van der Waals surface area contributed by atoms with Crippen molar-refractivity contribution in [1.82, 2.24) is 4.90 Å². The van der Waals surface area contributed by atoms with Gasteiger partial charge in [0.1, 0.15) is 11.6 Å². The number of fused-ring (bicyclic) bond motifs is 1. The normalized spacial score (nSPS) is 15.6. The van der Waals surface area contributed by atoms with Gasteiger partial charge in [-0.15, -0.1) is 0 Å². The predicted molar refractivity (Wildman–Crippen MR) is 90.9 cm³/mol. The van der Waals surface area contributed by atoms with E-state index in [4.69, 9.17) is 4.74 Å². The highest BCUT2D eigenvalue weighted by Gasteiger charge is 2.44. The van der Waals surface area contributed by atoms with E-state index in [1.165, 1.54) is 23.1 Å². The van der Waals surface area contributed by atoms with E-state index in [0.717, 1.165) is 31.0 Å². The zero-order valence-electron chi connectivity index (χ0n) is 14.4. The van der Waals surface area contributed by atoms with Crippen LogP contribution in [0.3, 0.4) is 0 Å². The number of carbonyl (C=O) groups is 4. The molecule has 0 unspecified atom stereocenters. The SMILES string of the molecule is O=C(OCC(=O)c1cc(F)ccc1F)c1ccc2c(c1)C(=O)N(C1CC1)C2=O. The van der Waals surface area contributed by atoms with Crippen molar-refractivity contribution in [3.63, 3.8) is 0 Å². The summed E-state index contributed by atoms with van der Waals surface area (Å²) < 4.78 is 31.6. The van der Waals surface area contributed by atoms with Gasteiger partial charge in [-0.2, -0.15) is 0 Å². The van der Waals surface area contributed by atoms with Crippen molar-refractivity contribution in [3.05, 3.63) is 70.3 Å². The third-order valence-corrected chi connectivity index (χ3v) is 4.63. The zero-order chi connectivity index (χ0) is 20.0. The van der Waals surface area contributed by atoms with Crippen LogP contribution in [0, 0.1) is 11.6 Å². The zero-order valence-corrected chi connectivity index (χ0v) is 14.4. The van der Waals surface area contributed by atoms with Crippen molar-refractivity contribution in [2.45, 2.75) is 18.9 Å². The van der Waals surface area contributed by atoms with E-state index in [2.05, 4.69) is 0 Å². The summed E-state index contributed by atoms with van der Waals surface area (Å²) in [6, 6.07) is 6.22. The van der Waals surface area contributed by atoms with Crippen molar-refractivity contribution in [2.75, 3.05) is 6.61 Å². The molecule has 142 valence electrons. The van der Waals surface area contributed by atoms with Crippen LogP contribution in [-0.2, 0) is 4.74 Å². The number of halogens is 2. The molecule has 2 amide bonds. The van der Waals surface area contributed by atoms with Crippen LogP contribution in [0.15, 0.2) is 36.4 Å². The number of imide groups is 1. The maximum atomic E-state index is 13.6. The lowest BCUT2D eigenvalue weighted by molar-refractivity contribution is 0.0473. The Balaban J connectivity index is 1.48. The van der Waals surface area contributed by atoms with Crippen molar-refractivity contribution in [1.29, 1.82) is 0 Å². The summed E-state index contributed by atoms with van der Waals surface area (Å²) in [7, 11) is 0. The second kappa shape index (κ2) is 6.63. The second-order valence-electron chi connectivity index (χ2n) is 6.60. The van der Waals surface area contributed by atoms with Crippen molar-refractivity contribution in [2.24, 2.45) is 0 Å². The van der Waals surface area contributed by atoms with E-state index < -0.39 is 41.5 Å². The molecule has 1 heterocycles. The van der Waals surface area contributed by atoms with Gasteiger partial charge in [0.05, 0.1) is 22.3 Å². The van der Waals surface area contributed by atoms with Gasteiger partial charge < -0.3 is 4.74 Å². The first-order chi connectivity index (χ1) is 13.4. The maximum absolute atomic E-state index is 13.6. The van der Waals surface area contributed by atoms with Gasteiger partial charge >= 0.3 is 5.97 Å². The number of ketones is 1. The molecule has 0 saturated heterocycles. The largest absolute Gasteiger partial charge is 0.454 e. The first kappa shape index (κ1) is 18.0. The summed E-state index contributed by atoms with van der Waals surface area (Å²) in [5.41, 5.74) is -0.229. The Hall–Kier alpha value is -3.42. The lowest BCUT2D eigenvalue weighted by atomic mass is 10.1. The molecule has 2 aliphatic rings. The van der Waals surface area contributed by atoms with Crippen molar-refractivity contribution in [3.8, 4) is 0 Å². The van der Waals surface area contributed by atoms with Gasteiger partial charge in [-0.3, -0.25) is 19.3 Å². The number of esters is 1. The van der Waals surface area contributed by atoms with Crippen LogP contribution in [0.4, 0.5) is 8.78 Å². The molecule has 1 saturated carbocycles. The Bertz CT molecular complexity index is 1040. The number of Topliss-reactive ketones (excluding diaryl/α,β-unsaturated/α-hetero) is 1. The third-order valence-electron chi connectivity index (χ3n) is 4.63. The monoisotopic (exact) mass is 385 g/mol. The van der Waals surface area contributed by atoms with Crippen LogP contribution in [-0.4, -0.2) is 41.1 Å². The van der Waals surface area contributed by atoms with Gasteiger partial charge in [0.2, 0.25) is 5.78 Å². The van der Waals surface area contributed by atoms with Gasteiger partial charge in [-0.1, -0.05) is 0 Å². The van der Waals surface area contributed by atoms with Crippen molar-refractivity contribution < 1.29 is 32.7 Å². The highest BCUT2D eigenvalue weighted by atomic mass is 19.1. The Morgan fingerprint density at radius 1 is 1.00 bits per heavy atom. The molecule has 0 atom stereocenters. The van der Waals surface area contributed by atoms with E-state index in [1.807, 2.05) is 0 Å². The average Bonchev–Trinajstić information content (AvgIpc) is 3.48. The summed E-state index contributed by atoms with van der Waals surface area (Å²) in [6.07, 6.45) is 1.53. The molecule has 0 spiro atoms. The van der Waals surface area contributed by atoms with E-state index in [-0.39, 0.29) is 28.6 Å². The molecule has 0 aromatic heterocycles. The lowest BCUT2D eigenvalue weighted by Gasteiger charge is -2.11. The van der Waals surface area contributed by atoms with Gasteiger partial charge in [-0.05, 0) is 49.2 Å². The smallest absolute Gasteiger partial charge is 0.338 e. The fourth-order valence-electron chi connectivity index (χ4n) is 3.05. The molecule has 6 nitrogen and oxygen atoms in total. The number of benzene rings is 2. The summed E-state index contributed by atoms with van der Waals surface area (Å²) in [6.45, 7) is -0.794. The molecular weight excluding hydrogens is 372 g/mol. The van der Waals surface area contributed by atoms with Crippen LogP contribution in [0.2, 0.25) is 0 Å². The van der Waals surface area contributed by atoms with E-state index in [1.54, 1.807) is 0 Å². The Kier molecular flexibility index (Phi) is 4.26. The molecule has 28 heavy (non-hydrogen) atoms. The number of carbonyl (C=O) groups excluding carboxylic acids is 4. The fourth-order valence-corrected chi connectivity index (χ4v) is 3.05. The molecule has 1 fully saturated rings. The summed E-state index contributed by atoms with van der Waals surface area (Å²) >= 11 is 0. The molecule has 0 radical (unpaired) electrons. The molecule has 2 aromatic rings. The lowest BCUT2D eigenvalue weighted by Crippen LogP contribution is -2.31. The predicted octanol–water partition coefficient (Wildman–Crippen LogP) is 2.76. The highest BCUT2D eigenvalue weighted by molar-refractivity contribution is 6.22. The number of amides is 2. The topological polar surface area (TPSA) is 80.8 Å². The van der Waals surface area contributed by atoms with E-state index in [0.29, 0.717) is 0 Å². The first-order valence-corrected chi connectivity index (χ1v) is 8.54. The third kappa shape index (κ3) is 3.06. The van der Waals surface area contributed by atoms with Gasteiger partial charge in [0.25, 0.3) is 11.8 Å². The van der Waals surface area contributed by atoms with Crippen LogP contribution in [0.25, 0.3) is 0 Å². The molecule has 1 aliphatic heterocycles. The summed E-state index contributed by atoms with van der Waals surface area (Å²) in [5, 5.41) is 0. The van der Waals surface area contributed by atoms with Gasteiger partial charge in [0, 0.05) is 6.04 Å². The number of hydrogen-bond donors (Lipinski definition) is 0. The fraction of sp³-hybridized carbons (Fsp3) is 0.200. The average molecular weight is 385 g/mol. The number of hydrogen-bond acceptors (Lipinski definition) is 5. The standard InChI is InChI=1S/C20H13F2NO5/c21-11-2-6-16(22)15(8-11)17(24)9-28-20(27)10-1-5-13-14(7-10)19(26)23(18(13)25)12-3-4-12/h1-2,5-8,12H,3-4,9H2. The van der Waals surface area contributed by atoms with Crippen LogP contribution in [0.5, 0.6) is 0 Å². The highest BCUT2D eigenvalue weighted by Crippen LogP contribution is 2.34. The second-order valence-corrected chi connectivity index (χ2v) is 6.60. The van der Waals surface area contributed by atoms with Crippen molar-refractivity contribution >= 4 is 23.6 Å². The van der Waals surface area contributed by atoms with Gasteiger partial charge in [-0.25, -0.2) is 13.6 Å². The summed E-state index contributed by atoms with van der Waals surface area (Å²) in [4.78, 5) is 50.0. The molecule has 1 aliphatic carbocycles. The number of nitrogens with zero attached hydrogens (tertiary/aromatic N) is 1. The molecule has 4 rings (SSSR count). The minimum atomic E-state index is -0.927. The van der Waals surface area contributed by atoms with Crippen LogP contribution < -0.4 is 0 Å². The number of ether oxygens (including phenoxy) is 1. The van der Waals surface area contributed by atoms with Crippen LogP contribution in [0.1, 0.15) is 54.3 Å². The Morgan fingerprint density at radius 3 is 2.43 bits per heavy atom. The minimum Gasteiger partial charge on any atom is -0.454 e. The van der Waals surface area contributed by atoms with Crippen LogP contribution >= 0.6 is 0 Å². The maximum Gasteiger partial charge on any atom is 0.338 e. The van der Waals surface area contributed by atoms with E-state index in [9.17, 15) is 28.0 Å². The quantitative estimate of drug-likeness (QED) is 0.449. The van der Waals surface area contributed by atoms with E-state index >= 15 is 0 Å². The molecule has 2 aromatic carbocycles. The number of rotatable bonds is 5. The Labute approximate surface area is 157 Å². The molecule has 0 bridgehead atoms. The molecule has 0 N–H and O–H groups in total. The first-order valence-electron chi connectivity index (χ1n) is 8.54. The van der Waals surface area contributed by atoms with Gasteiger partial charge in [0.15, 0.2) is 6.61 Å². The molecular formula is C20H13F2NO5. The Morgan fingerprint density at radius 2 is 1.71 bits per heavy atom. The molecule has 8 heteroatoms. The minimum absolute atomic E-state index is 0.0231.